The molecular weight excluding hydrogens is 397 g/mol. The average molecular weight is 409 g/mol. The average Bonchev–Trinajstić information content (AvgIpc) is 2.70. The van der Waals surface area contributed by atoms with Crippen LogP contribution in [-0.4, -0.2) is 14.2 Å². The van der Waals surface area contributed by atoms with E-state index < -0.39 is 0 Å². The van der Waals surface area contributed by atoms with E-state index in [0.717, 1.165) is 18.7 Å². The summed E-state index contributed by atoms with van der Waals surface area (Å²) in [4.78, 5) is 0. The van der Waals surface area contributed by atoms with Crippen molar-refractivity contribution in [3.05, 3.63) is 48.8 Å². The zero-order chi connectivity index (χ0) is 14.0. The second-order valence-electron chi connectivity index (χ2n) is 3.89. The van der Waals surface area contributed by atoms with Crippen molar-refractivity contribution in [2.24, 2.45) is 0 Å². The van der Waals surface area contributed by atoms with Gasteiger partial charge in [0.2, 0.25) is 0 Å². The molecule has 0 fully saturated rings. The van der Waals surface area contributed by atoms with Gasteiger partial charge in [0.1, 0.15) is 11.6 Å². The molecule has 1 unspecified atom stereocenters. The van der Waals surface area contributed by atoms with Crippen molar-refractivity contribution in [2.75, 3.05) is 14.2 Å². The number of thiophene rings is 1. The Balaban J connectivity index is 2.53. The smallest absolute Gasteiger partial charge is 0.124 e. The predicted octanol–water partition coefficient (Wildman–Crippen LogP) is 4.73. The van der Waals surface area contributed by atoms with Gasteiger partial charge in [-0.05, 0) is 68.7 Å². The molecule has 0 aliphatic heterocycles. The van der Waals surface area contributed by atoms with E-state index >= 15 is 0 Å². The fourth-order valence-corrected chi connectivity index (χ4v) is 4.86. The first-order valence-corrected chi connectivity index (χ1v) is 7.92. The molecule has 0 saturated carbocycles. The van der Waals surface area contributed by atoms with Gasteiger partial charge in [-0.25, -0.2) is 4.39 Å². The third-order valence-electron chi connectivity index (χ3n) is 2.79. The SMILES string of the molecule is CNC(c1cc(F)ccc1OC)c1cc(Br)sc1Br. The van der Waals surface area contributed by atoms with Crippen LogP contribution in [-0.2, 0) is 0 Å². The summed E-state index contributed by atoms with van der Waals surface area (Å²) in [5.74, 6) is 0.386. The first-order chi connectivity index (χ1) is 9.06. The first kappa shape index (κ1) is 15.0. The van der Waals surface area contributed by atoms with Crippen LogP contribution < -0.4 is 10.1 Å². The summed E-state index contributed by atoms with van der Waals surface area (Å²) in [6.07, 6.45) is 0. The third kappa shape index (κ3) is 3.18. The van der Waals surface area contributed by atoms with Crippen molar-refractivity contribution in [2.45, 2.75) is 6.04 Å². The number of benzene rings is 1. The van der Waals surface area contributed by atoms with Crippen molar-refractivity contribution in [1.29, 1.82) is 0 Å². The van der Waals surface area contributed by atoms with Crippen molar-refractivity contribution in [1.82, 2.24) is 5.32 Å². The maximum absolute atomic E-state index is 13.5. The quantitative estimate of drug-likeness (QED) is 0.789. The largest absolute Gasteiger partial charge is 0.496 e. The van der Waals surface area contributed by atoms with E-state index in [2.05, 4.69) is 37.2 Å². The van der Waals surface area contributed by atoms with E-state index in [1.807, 2.05) is 13.1 Å². The number of hydrogen-bond acceptors (Lipinski definition) is 3. The van der Waals surface area contributed by atoms with Gasteiger partial charge in [0.05, 0.1) is 20.7 Å². The zero-order valence-electron chi connectivity index (χ0n) is 10.3. The van der Waals surface area contributed by atoms with Crippen LogP contribution in [0.5, 0.6) is 5.75 Å². The number of hydrogen-bond donors (Lipinski definition) is 1. The van der Waals surface area contributed by atoms with E-state index in [0.29, 0.717) is 5.75 Å². The van der Waals surface area contributed by atoms with Crippen molar-refractivity contribution < 1.29 is 9.13 Å². The van der Waals surface area contributed by atoms with Gasteiger partial charge in [-0.3, -0.25) is 0 Å². The van der Waals surface area contributed by atoms with Gasteiger partial charge in [-0.15, -0.1) is 11.3 Å². The summed E-state index contributed by atoms with van der Waals surface area (Å²) in [7, 11) is 3.43. The monoisotopic (exact) mass is 407 g/mol. The molecule has 0 saturated heterocycles. The molecule has 1 N–H and O–H groups in total. The van der Waals surface area contributed by atoms with Crippen LogP contribution in [0.3, 0.4) is 0 Å². The summed E-state index contributed by atoms with van der Waals surface area (Å²) in [5, 5.41) is 3.20. The topological polar surface area (TPSA) is 21.3 Å². The minimum Gasteiger partial charge on any atom is -0.496 e. The number of nitrogens with one attached hydrogen (secondary N) is 1. The maximum atomic E-state index is 13.5. The summed E-state index contributed by atoms with van der Waals surface area (Å²) < 4.78 is 20.8. The lowest BCUT2D eigenvalue weighted by atomic mass is 10.0. The molecule has 0 aliphatic rings. The zero-order valence-corrected chi connectivity index (χ0v) is 14.3. The van der Waals surface area contributed by atoms with Crippen LogP contribution in [0.25, 0.3) is 0 Å². The van der Waals surface area contributed by atoms with E-state index in [-0.39, 0.29) is 11.9 Å². The van der Waals surface area contributed by atoms with Crippen molar-refractivity contribution in [3.63, 3.8) is 0 Å². The molecular formula is C13H12Br2FNOS. The van der Waals surface area contributed by atoms with E-state index in [9.17, 15) is 4.39 Å². The fraction of sp³-hybridized carbons (Fsp3) is 0.231. The van der Waals surface area contributed by atoms with Crippen LogP contribution in [0, 0.1) is 5.82 Å². The van der Waals surface area contributed by atoms with E-state index in [4.69, 9.17) is 4.74 Å². The summed E-state index contributed by atoms with van der Waals surface area (Å²) in [6.45, 7) is 0. The molecule has 0 aliphatic carbocycles. The van der Waals surface area contributed by atoms with Gasteiger partial charge in [-0.1, -0.05) is 0 Å². The van der Waals surface area contributed by atoms with Crippen molar-refractivity contribution >= 4 is 43.2 Å². The molecule has 2 nitrogen and oxygen atoms in total. The maximum Gasteiger partial charge on any atom is 0.124 e. The molecule has 0 spiro atoms. The standard InChI is InChI=1S/C13H12Br2FNOS/c1-17-12(9-6-11(14)19-13(9)15)8-5-7(16)3-4-10(8)18-2/h3-6,12,17H,1-2H3. The molecule has 2 aromatic rings. The Bertz CT molecular complexity index is 588. The van der Waals surface area contributed by atoms with E-state index in [1.165, 1.54) is 12.1 Å². The Labute approximate surface area is 132 Å². The Morgan fingerprint density at radius 3 is 2.53 bits per heavy atom. The number of rotatable bonds is 4. The van der Waals surface area contributed by atoms with Gasteiger partial charge in [0, 0.05) is 5.56 Å². The Morgan fingerprint density at radius 2 is 2.00 bits per heavy atom. The Kier molecular flexibility index (Phi) is 5.00. The minimum atomic E-state index is -0.276. The number of ether oxygens (including phenoxy) is 1. The molecule has 1 aromatic heterocycles. The van der Waals surface area contributed by atoms with Crippen molar-refractivity contribution in [3.8, 4) is 5.75 Å². The van der Waals surface area contributed by atoms with Gasteiger partial charge in [0.15, 0.2) is 0 Å². The van der Waals surface area contributed by atoms with E-state index in [1.54, 1.807) is 24.5 Å². The Hall–Kier alpha value is -0.430. The highest BCUT2D eigenvalue weighted by molar-refractivity contribution is 9.12. The molecule has 2 rings (SSSR count). The van der Waals surface area contributed by atoms with Gasteiger partial charge < -0.3 is 10.1 Å². The van der Waals surface area contributed by atoms with Gasteiger partial charge in [0.25, 0.3) is 0 Å². The number of methoxy groups -OCH3 is 1. The molecule has 102 valence electrons. The highest BCUT2D eigenvalue weighted by Crippen LogP contribution is 2.40. The molecule has 0 bridgehead atoms. The van der Waals surface area contributed by atoms with Crippen LogP contribution in [0.1, 0.15) is 17.2 Å². The molecule has 6 heteroatoms. The van der Waals surface area contributed by atoms with Gasteiger partial charge in [-0.2, -0.15) is 0 Å². The highest BCUT2D eigenvalue weighted by Gasteiger charge is 2.21. The summed E-state index contributed by atoms with van der Waals surface area (Å²) >= 11 is 8.58. The highest BCUT2D eigenvalue weighted by atomic mass is 79.9. The molecule has 0 radical (unpaired) electrons. The second-order valence-corrected chi connectivity index (χ2v) is 7.64. The molecule has 1 atom stereocenters. The number of halogens is 3. The molecule has 0 amide bonds. The lowest BCUT2D eigenvalue weighted by Gasteiger charge is -2.19. The van der Waals surface area contributed by atoms with Crippen LogP contribution >= 0.6 is 43.2 Å². The van der Waals surface area contributed by atoms with Crippen LogP contribution in [0.15, 0.2) is 31.8 Å². The molecule has 1 aromatic carbocycles. The van der Waals surface area contributed by atoms with Gasteiger partial charge >= 0.3 is 0 Å². The Morgan fingerprint density at radius 1 is 1.26 bits per heavy atom. The molecule has 1 heterocycles. The summed E-state index contributed by atoms with van der Waals surface area (Å²) in [5.41, 5.74) is 1.82. The lowest BCUT2D eigenvalue weighted by Crippen LogP contribution is -2.18. The predicted molar refractivity (Wildman–Crippen MR) is 83.6 cm³/mol. The first-order valence-electron chi connectivity index (χ1n) is 5.52. The molecule has 19 heavy (non-hydrogen) atoms. The minimum absolute atomic E-state index is 0.137. The normalized spacial score (nSPS) is 12.5. The van der Waals surface area contributed by atoms with Crippen LogP contribution in [0.4, 0.5) is 4.39 Å². The second kappa shape index (κ2) is 6.35. The fourth-order valence-electron chi connectivity index (χ4n) is 1.96. The lowest BCUT2D eigenvalue weighted by molar-refractivity contribution is 0.404. The third-order valence-corrected chi connectivity index (χ3v) is 5.17. The van der Waals surface area contributed by atoms with Crippen LogP contribution in [0.2, 0.25) is 0 Å². The summed E-state index contributed by atoms with van der Waals surface area (Å²) in [6, 6.07) is 6.42.